The number of nitrogens with zero attached hydrogens (tertiary/aromatic N) is 2. The van der Waals surface area contributed by atoms with Gasteiger partial charge in [0.2, 0.25) is 0 Å². The van der Waals surface area contributed by atoms with Crippen LogP contribution < -0.4 is 5.01 Å². The molecule has 1 aliphatic heterocycles. The summed E-state index contributed by atoms with van der Waals surface area (Å²) >= 11 is 0. The van der Waals surface area contributed by atoms with Crippen molar-refractivity contribution >= 4 is 11.4 Å². The number of para-hydroxylation sites is 1. The maximum atomic E-state index is 6.08. The van der Waals surface area contributed by atoms with Crippen molar-refractivity contribution < 1.29 is 4.74 Å². The molecular formula is C22H20N2O. The number of hydrazone groups is 1. The predicted molar refractivity (Wildman–Crippen MR) is 102 cm³/mol. The van der Waals surface area contributed by atoms with Crippen LogP contribution in [-0.2, 0) is 4.74 Å². The van der Waals surface area contributed by atoms with E-state index in [4.69, 9.17) is 9.84 Å². The second kappa shape index (κ2) is 6.91. The number of ether oxygens (including phenoxy) is 1. The largest absolute Gasteiger partial charge is 0.352 e. The van der Waals surface area contributed by atoms with Gasteiger partial charge in [0.05, 0.1) is 11.4 Å². The lowest BCUT2D eigenvalue weighted by Crippen LogP contribution is -2.33. The molecule has 0 spiro atoms. The van der Waals surface area contributed by atoms with Gasteiger partial charge in [0.1, 0.15) is 0 Å². The second-order valence-electron chi connectivity index (χ2n) is 5.89. The smallest absolute Gasteiger partial charge is 0.177 e. The van der Waals surface area contributed by atoms with Crippen molar-refractivity contribution in [2.75, 3.05) is 11.6 Å². The van der Waals surface area contributed by atoms with Crippen molar-refractivity contribution in [3.63, 3.8) is 0 Å². The standard InChI is InChI=1S/C22H20N2O/c1-2-25-22-20-16-10-9-15-19(20)21(17-11-5-3-6-12-17)23-24(22)18-13-7-4-8-14-18/h3-16,22H,2H2,1H3. The Bertz CT molecular complexity index is 875. The van der Waals surface area contributed by atoms with Gasteiger partial charge in [0.15, 0.2) is 6.23 Å². The van der Waals surface area contributed by atoms with Crippen molar-refractivity contribution in [2.24, 2.45) is 5.10 Å². The topological polar surface area (TPSA) is 24.8 Å². The molecule has 4 rings (SSSR count). The average Bonchev–Trinajstić information content (AvgIpc) is 2.70. The SMILES string of the molecule is CCOC1c2ccccc2C(c2ccccc2)=NN1c1ccccc1. The molecule has 1 heterocycles. The van der Waals surface area contributed by atoms with Crippen LogP contribution in [0.15, 0.2) is 90.0 Å². The van der Waals surface area contributed by atoms with Gasteiger partial charge in [-0.05, 0) is 19.1 Å². The third kappa shape index (κ3) is 2.94. The van der Waals surface area contributed by atoms with Crippen LogP contribution in [0.3, 0.4) is 0 Å². The van der Waals surface area contributed by atoms with Crippen LogP contribution in [-0.4, -0.2) is 12.3 Å². The minimum Gasteiger partial charge on any atom is -0.352 e. The van der Waals surface area contributed by atoms with E-state index in [9.17, 15) is 0 Å². The Morgan fingerprint density at radius 1 is 0.840 bits per heavy atom. The van der Waals surface area contributed by atoms with Gasteiger partial charge in [0, 0.05) is 23.3 Å². The van der Waals surface area contributed by atoms with Gasteiger partial charge in [-0.15, -0.1) is 0 Å². The van der Waals surface area contributed by atoms with E-state index in [1.807, 2.05) is 48.3 Å². The first-order valence-corrected chi connectivity index (χ1v) is 8.57. The molecule has 124 valence electrons. The molecule has 0 amide bonds. The van der Waals surface area contributed by atoms with Crippen LogP contribution >= 0.6 is 0 Å². The quantitative estimate of drug-likeness (QED) is 0.673. The van der Waals surface area contributed by atoms with E-state index < -0.39 is 0 Å². The van der Waals surface area contributed by atoms with Crippen LogP contribution in [0.1, 0.15) is 29.8 Å². The number of hydrogen-bond donors (Lipinski definition) is 0. The average molecular weight is 328 g/mol. The van der Waals surface area contributed by atoms with Crippen molar-refractivity contribution in [3.8, 4) is 0 Å². The summed E-state index contributed by atoms with van der Waals surface area (Å²) in [5.41, 5.74) is 5.35. The van der Waals surface area contributed by atoms with Crippen LogP contribution in [0, 0.1) is 0 Å². The Labute approximate surface area is 148 Å². The molecule has 3 aromatic rings. The minimum absolute atomic E-state index is 0.226. The number of benzene rings is 3. The molecule has 0 saturated carbocycles. The fourth-order valence-corrected chi connectivity index (χ4v) is 3.18. The van der Waals surface area contributed by atoms with E-state index in [1.54, 1.807) is 0 Å². The molecule has 0 saturated heterocycles. The van der Waals surface area contributed by atoms with E-state index in [2.05, 4.69) is 48.5 Å². The molecule has 3 heteroatoms. The van der Waals surface area contributed by atoms with Crippen LogP contribution in [0.2, 0.25) is 0 Å². The number of hydrogen-bond acceptors (Lipinski definition) is 3. The maximum Gasteiger partial charge on any atom is 0.177 e. The van der Waals surface area contributed by atoms with Crippen LogP contribution in [0.5, 0.6) is 0 Å². The highest BCUT2D eigenvalue weighted by Gasteiger charge is 2.30. The molecule has 0 radical (unpaired) electrons. The third-order valence-electron chi connectivity index (χ3n) is 4.30. The molecule has 3 aromatic carbocycles. The number of fused-ring (bicyclic) bond motifs is 1. The molecule has 0 N–H and O–H groups in total. The Kier molecular flexibility index (Phi) is 4.32. The summed E-state index contributed by atoms with van der Waals surface area (Å²) in [4.78, 5) is 0. The highest BCUT2D eigenvalue weighted by atomic mass is 16.5. The lowest BCUT2D eigenvalue weighted by atomic mass is 9.95. The molecule has 25 heavy (non-hydrogen) atoms. The van der Waals surface area contributed by atoms with E-state index in [-0.39, 0.29) is 6.23 Å². The molecule has 3 nitrogen and oxygen atoms in total. The molecule has 1 aliphatic rings. The maximum absolute atomic E-state index is 6.08. The highest BCUT2D eigenvalue weighted by molar-refractivity contribution is 6.14. The number of rotatable bonds is 4. The van der Waals surface area contributed by atoms with Crippen molar-refractivity contribution in [1.29, 1.82) is 0 Å². The van der Waals surface area contributed by atoms with Gasteiger partial charge in [-0.3, -0.25) is 0 Å². The third-order valence-corrected chi connectivity index (χ3v) is 4.30. The zero-order valence-corrected chi connectivity index (χ0v) is 14.2. The monoisotopic (exact) mass is 328 g/mol. The first-order valence-electron chi connectivity index (χ1n) is 8.57. The van der Waals surface area contributed by atoms with Crippen LogP contribution in [0.25, 0.3) is 0 Å². The van der Waals surface area contributed by atoms with E-state index >= 15 is 0 Å². The first-order chi connectivity index (χ1) is 12.4. The molecule has 1 unspecified atom stereocenters. The Hall–Kier alpha value is -2.91. The van der Waals surface area contributed by atoms with E-state index in [0.29, 0.717) is 6.61 Å². The second-order valence-corrected chi connectivity index (χ2v) is 5.89. The summed E-state index contributed by atoms with van der Waals surface area (Å²) in [6.45, 7) is 2.64. The summed E-state index contributed by atoms with van der Waals surface area (Å²) in [6, 6.07) is 28.9. The Morgan fingerprint density at radius 2 is 1.48 bits per heavy atom. The lowest BCUT2D eigenvalue weighted by molar-refractivity contribution is 0.0586. The molecule has 0 aliphatic carbocycles. The predicted octanol–water partition coefficient (Wildman–Crippen LogP) is 4.99. The van der Waals surface area contributed by atoms with Gasteiger partial charge in [-0.25, -0.2) is 5.01 Å². The summed E-state index contributed by atoms with van der Waals surface area (Å²) in [6.07, 6.45) is -0.226. The first kappa shape index (κ1) is 15.6. The Morgan fingerprint density at radius 3 is 2.20 bits per heavy atom. The molecule has 0 bridgehead atoms. The zero-order valence-electron chi connectivity index (χ0n) is 14.2. The molecule has 1 atom stereocenters. The Balaban J connectivity index is 1.91. The zero-order chi connectivity index (χ0) is 17.1. The lowest BCUT2D eigenvalue weighted by Gasteiger charge is -2.35. The normalized spacial score (nSPS) is 16.3. The summed E-state index contributed by atoms with van der Waals surface area (Å²) in [5.74, 6) is 0. The van der Waals surface area contributed by atoms with Crippen molar-refractivity contribution in [2.45, 2.75) is 13.2 Å². The summed E-state index contributed by atoms with van der Waals surface area (Å²) in [7, 11) is 0. The van der Waals surface area contributed by atoms with Gasteiger partial charge >= 0.3 is 0 Å². The molecular weight excluding hydrogens is 308 g/mol. The van der Waals surface area contributed by atoms with Crippen molar-refractivity contribution in [3.05, 3.63) is 102 Å². The van der Waals surface area contributed by atoms with Gasteiger partial charge < -0.3 is 4.74 Å². The van der Waals surface area contributed by atoms with Crippen molar-refractivity contribution in [1.82, 2.24) is 0 Å². The van der Waals surface area contributed by atoms with Gasteiger partial charge in [-0.1, -0.05) is 72.8 Å². The van der Waals surface area contributed by atoms with E-state index in [0.717, 1.165) is 28.1 Å². The summed E-state index contributed by atoms with van der Waals surface area (Å²) < 4.78 is 6.08. The van der Waals surface area contributed by atoms with E-state index in [1.165, 1.54) is 0 Å². The van der Waals surface area contributed by atoms with Crippen LogP contribution in [0.4, 0.5) is 5.69 Å². The van der Waals surface area contributed by atoms with Gasteiger partial charge in [-0.2, -0.15) is 5.10 Å². The fourth-order valence-electron chi connectivity index (χ4n) is 3.18. The summed E-state index contributed by atoms with van der Waals surface area (Å²) in [5, 5.41) is 6.97. The fraction of sp³-hybridized carbons (Fsp3) is 0.136. The highest BCUT2D eigenvalue weighted by Crippen LogP contribution is 2.36. The molecule has 0 fully saturated rings. The molecule has 0 aromatic heterocycles. The number of anilines is 1. The minimum atomic E-state index is -0.226. The van der Waals surface area contributed by atoms with Gasteiger partial charge in [0.25, 0.3) is 0 Å².